The van der Waals surface area contributed by atoms with Gasteiger partial charge in [0.2, 0.25) is 41.4 Å². The molecule has 0 bridgehead atoms. The molecule has 308 valence electrons. The molecule has 2 rings (SSSR count). The number of nitrogens with one attached hydrogen (secondary N) is 7. The Labute approximate surface area is 326 Å². The summed E-state index contributed by atoms with van der Waals surface area (Å²) in [4.78, 5) is 96.4. The van der Waals surface area contributed by atoms with Crippen LogP contribution in [0.3, 0.4) is 0 Å². The van der Waals surface area contributed by atoms with Gasteiger partial charge in [-0.2, -0.15) is 0 Å². The summed E-state index contributed by atoms with van der Waals surface area (Å²) in [6.07, 6.45) is 0.166. The maximum Gasteiger partial charge on any atom is 0.243 e. The number of nitrogens with two attached hydrogens (primary N) is 2. The molecule has 0 radical (unpaired) electrons. The number of hydrogen-bond acceptors (Lipinski definition) is 11. The van der Waals surface area contributed by atoms with Gasteiger partial charge in [0.15, 0.2) is 0 Å². The fourth-order valence-electron chi connectivity index (χ4n) is 5.42. The zero-order valence-electron chi connectivity index (χ0n) is 32.7. The quantitative estimate of drug-likeness (QED) is 0.0453. The average molecular weight is 784 g/mol. The van der Waals surface area contributed by atoms with Crippen LogP contribution >= 0.6 is 0 Å². The van der Waals surface area contributed by atoms with E-state index in [1.807, 2.05) is 0 Å². The maximum absolute atomic E-state index is 13.9. The van der Waals surface area contributed by atoms with E-state index in [9.17, 15) is 38.7 Å². The number of carbonyl (C=O) groups is 7. The van der Waals surface area contributed by atoms with Crippen LogP contribution in [0.1, 0.15) is 52.2 Å². The molecule has 7 amide bonds. The molecule has 18 nitrogen and oxygen atoms in total. The Bertz CT molecular complexity index is 1620. The van der Waals surface area contributed by atoms with Gasteiger partial charge in [-0.05, 0) is 54.9 Å². The first-order valence-electron chi connectivity index (χ1n) is 18.3. The van der Waals surface area contributed by atoms with Crippen molar-refractivity contribution in [2.75, 3.05) is 20.2 Å². The van der Waals surface area contributed by atoms with E-state index in [1.54, 1.807) is 70.2 Å². The fraction of sp³-hybridized carbons (Fsp3) is 0.500. The van der Waals surface area contributed by atoms with Crippen molar-refractivity contribution in [3.05, 3.63) is 65.7 Å². The summed E-state index contributed by atoms with van der Waals surface area (Å²) < 4.78 is 0. The minimum absolute atomic E-state index is 0.000622. The van der Waals surface area contributed by atoms with Gasteiger partial charge in [-0.1, -0.05) is 70.2 Å². The summed E-state index contributed by atoms with van der Waals surface area (Å²) in [6.45, 7) is 7.88. The van der Waals surface area contributed by atoms with E-state index in [2.05, 4.69) is 37.4 Å². The largest absolute Gasteiger partial charge is 0.508 e. The Morgan fingerprint density at radius 2 is 1.18 bits per heavy atom. The van der Waals surface area contributed by atoms with Crippen molar-refractivity contribution in [3.63, 3.8) is 0 Å². The number of aromatic hydroxyl groups is 1. The fourth-order valence-corrected chi connectivity index (χ4v) is 5.42. The Morgan fingerprint density at radius 3 is 1.75 bits per heavy atom. The van der Waals surface area contributed by atoms with Gasteiger partial charge in [0.05, 0.1) is 19.7 Å². The van der Waals surface area contributed by atoms with Crippen LogP contribution in [0.15, 0.2) is 54.6 Å². The number of carbonyl (C=O) groups excluding carboxylic acids is 7. The van der Waals surface area contributed by atoms with Crippen LogP contribution in [0.4, 0.5) is 0 Å². The molecule has 18 heteroatoms. The molecule has 0 spiro atoms. The van der Waals surface area contributed by atoms with Crippen molar-refractivity contribution in [1.29, 1.82) is 0 Å². The van der Waals surface area contributed by atoms with E-state index < -0.39 is 96.0 Å². The molecule has 0 saturated carbocycles. The first-order valence-corrected chi connectivity index (χ1v) is 18.3. The lowest BCUT2D eigenvalue weighted by atomic mass is 9.99. The Balaban J connectivity index is 2.25. The maximum atomic E-state index is 13.9. The standard InChI is InChI=1S/C38H57N9O9/c1-21(2)31(37(54)41-20-30(40)49)47-38(55)32(22(3)4)46-35(52)28(16-17-42-56-6)44-36(53)29(19-24-10-8-7-9-11-24)45-33(50)23(5)43-34(51)27(39)18-25-12-14-26(48)15-13-25/h7-15,21-23,27-29,31-32,42,48H,16-20,39H2,1-6H3,(H2,40,49)(H,41,54)(H,43,51)(H,44,53)(H,45,50)(H,46,52)(H,47,55)/t23-,27+,28+,29+,31+,32+/m1/s1. The number of primary amides is 1. The third-order valence-corrected chi connectivity index (χ3v) is 8.64. The van der Waals surface area contributed by atoms with Gasteiger partial charge < -0.3 is 53.3 Å². The van der Waals surface area contributed by atoms with E-state index in [1.165, 1.54) is 26.2 Å². The second-order valence-electron chi connectivity index (χ2n) is 14.1. The average Bonchev–Trinajstić information content (AvgIpc) is 3.14. The van der Waals surface area contributed by atoms with Crippen LogP contribution < -0.4 is 48.8 Å². The molecule has 6 atom stereocenters. The first kappa shape index (κ1) is 46.6. The monoisotopic (exact) mass is 783 g/mol. The zero-order chi connectivity index (χ0) is 41.9. The highest BCUT2D eigenvalue weighted by molar-refractivity contribution is 5.97. The van der Waals surface area contributed by atoms with Crippen molar-refractivity contribution < 1.29 is 43.5 Å². The molecule has 56 heavy (non-hydrogen) atoms. The Kier molecular flexibility index (Phi) is 19.4. The molecule has 0 unspecified atom stereocenters. The van der Waals surface area contributed by atoms with Crippen molar-refractivity contribution in [3.8, 4) is 5.75 Å². The summed E-state index contributed by atoms with van der Waals surface area (Å²) >= 11 is 0. The zero-order valence-corrected chi connectivity index (χ0v) is 32.7. The SMILES string of the molecule is CONCC[C@H](NC(=O)[C@H](Cc1ccccc1)NC(=O)[C@@H](C)NC(=O)[C@@H](N)Cc1ccc(O)cc1)C(=O)N[C@H](C(=O)N[C@H](C(=O)NCC(N)=O)C(C)C)C(C)C. The van der Waals surface area contributed by atoms with Gasteiger partial charge in [0, 0.05) is 13.0 Å². The highest BCUT2D eigenvalue weighted by atomic mass is 16.6. The topological polar surface area (TPSA) is 285 Å². The van der Waals surface area contributed by atoms with Crippen LogP contribution in [0.25, 0.3) is 0 Å². The summed E-state index contributed by atoms with van der Waals surface area (Å²) in [7, 11) is 1.38. The van der Waals surface area contributed by atoms with Crippen LogP contribution in [-0.2, 0) is 51.2 Å². The van der Waals surface area contributed by atoms with Crippen molar-refractivity contribution in [2.45, 2.75) is 90.1 Å². The third kappa shape index (κ3) is 16.0. The predicted octanol–water partition coefficient (Wildman–Crippen LogP) is -1.60. The van der Waals surface area contributed by atoms with Crippen molar-refractivity contribution >= 4 is 41.4 Å². The minimum atomic E-state index is -1.23. The predicted molar refractivity (Wildman–Crippen MR) is 207 cm³/mol. The number of phenolic OH excluding ortho intramolecular Hbond substituents is 1. The van der Waals surface area contributed by atoms with E-state index in [4.69, 9.17) is 16.3 Å². The molecule has 0 aliphatic rings. The number of phenols is 1. The van der Waals surface area contributed by atoms with Crippen molar-refractivity contribution in [1.82, 2.24) is 37.4 Å². The van der Waals surface area contributed by atoms with Gasteiger partial charge in [-0.25, -0.2) is 5.48 Å². The molecular formula is C38H57N9O9. The Morgan fingerprint density at radius 1 is 0.643 bits per heavy atom. The molecule has 0 fully saturated rings. The van der Waals surface area contributed by atoms with Gasteiger partial charge in [0.1, 0.15) is 36.0 Å². The molecule has 0 aliphatic carbocycles. The lowest BCUT2D eigenvalue weighted by molar-refractivity contribution is -0.136. The van der Waals surface area contributed by atoms with Crippen LogP contribution in [0.5, 0.6) is 5.75 Å². The lowest BCUT2D eigenvalue weighted by Crippen LogP contribution is -2.61. The van der Waals surface area contributed by atoms with Gasteiger partial charge in [-0.15, -0.1) is 0 Å². The van der Waals surface area contributed by atoms with Gasteiger partial charge >= 0.3 is 0 Å². The van der Waals surface area contributed by atoms with Crippen LogP contribution in [-0.4, -0.2) is 103 Å². The molecular weight excluding hydrogens is 726 g/mol. The van der Waals surface area contributed by atoms with E-state index in [-0.39, 0.29) is 31.6 Å². The van der Waals surface area contributed by atoms with Gasteiger partial charge in [-0.3, -0.25) is 33.6 Å². The normalized spacial score (nSPS) is 14.3. The highest BCUT2D eigenvalue weighted by Gasteiger charge is 2.34. The molecule has 0 heterocycles. The number of hydroxylamine groups is 1. The molecule has 2 aromatic rings. The summed E-state index contributed by atoms with van der Waals surface area (Å²) in [5.41, 5.74) is 15.2. The van der Waals surface area contributed by atoms with E-state index in [0.717, 1.165) is 0 Å². The summed E-state index contributed by atoms with van der Waals surface area (Å²) in [5.74, 6) is -5.60. The lowest BCUT2D eigenvalue weighted by Gasteiger charge is -2.29. The summed E-state index contributed by atoms with van der Waals surface area (Å²) in [6, 6.07) is 8.27. The highest BCUT2D eigenvalue weighted by Crippen LogP contribution is 2.12. The van der Waals surface area contributed by atoms with E-state index in [0.29, 0.717) is 11.1 Å². The van der Waals surface area contributed by atoms with Gasteiger partial charge in [0.25, 0.3) is 0 Å². The molecule has 0 saturated heterocycles. The van der Waals surface area contributed by atoms with Crippen molar-refractivity contribution in [2.24, 2.45) is 23.3 Å². The molecule has 2 aromatic carbocycles. The molecule has 0 aromatic heterocycles. The Hall–Kier alpha value is -5.59. The summed E-state index contributed by atoms with van der Waals surface area (Å²) in [5, 5.41) is 25.1. The number of amides is 7. The third-order valence-electron chi connectivity index (χ3n) is 8.64. The number of rotatable bonds is 23. The number of benzene rings is 2. The molecule has 0 aliphatic heterocycles. The molecule has 12 N–H and O–H groups in total. The second kappa shape index (κ2) is 23.4. The first-order chi connectivity index (χ1) is 26.4. The van der Waals surface area contributed by atoms with E-state index >= 15 is 0 Å². The number of hydrogen-bond donors (Lipinski definition) is 10. The second-order valence-corrected chi connectivity index (χ2v) is 14.1. The van der Waals surface area contributed by atoms with Crippen LogP contribution in [0, 0.1) is 11.8 Å². The smallest absolute Gasteiger partial charge is 0.243 e. The van der Waals surface area contributed by atoms with Crippen LogP contribution in [0.2, 0.25) is 0 Å². The minimum Gasteiger partial charge on any atom is -0.508 e.